The van der Waals surface area contributed by atoms with E-state index in [0.717, 1.165) is 6.42 Å². The van der Waals surface area contributed by atoms with Crippen molar-refractivity contribution in [3.63, 3.8) is 0 Å². The normalized spacial score (nSPS) is 21.8. The Kier molecular flexibility index (Phi) is 5.20. The zero-order valence-corrected chi connectivity index (χ0v) is 12.3. The number of carbonyl (C=O) groups excluding carboxylic acids is 1. The Morgan fingerprint density at radius 2 is 1.89 bits per heavy atom. The van der Waals surface area contributed by atoms with E-state index in [9.17, 15) is 9.59 Å². The van der Waals surface area contributed by atoms with E-state index in [4.69, 9.17) is 5.11 Å². The summed E-state index contributed by atoms with van der Waals surface area (Å²) >= 11 is 0. The number of urea groups is 1. The summed E-state index contributed by atoms with van der Waals surface area (Å²) in [6.07, 6.45) is 1.71. The van der Waals surface area contributed by atoms with E-state index in [1.165, 1.54) is 0 Å². The molecular weight excluding hydrogens is 244 g/mol. The van der Waals surface area contributed by atoms with Crippen LogP contribution in [-0.2, 0) is 4.79 Å². The SMILES string of the molecule is CC(C)CC(CNC(=O)NCC1CC1(C)C)C(=O)O. The van der Waals surface area contributed by atoms with Gasteiger partial charge in [0.1, 0.15) is 0 Å². The van der Waals surface area contributed by atoms with Gasteiger partial charge in [-0.1, -0.05) is 27.7 Å². The number of carboxylic acid groups (broad SMARTS) is 1. The Labute approximate surface area is 115 Å². The molecule has 1 fully saturated rings. The molecule has 110 valence electrons. The van der Waals surface area contributed by atoms with Crippen molar-refractivity contribution >= 4 is 12.0 Å². The van der Waals surface area contributed by atoms with Crippen LogP contribution in [-0.4, -0.2) is 30.2 Å². The topological polar surface area (TPSA) is 78.4 Å². The van der Waals surface area contributed by atoms with Gasteiger partial charge >= 0.3 is 12.0 Å². The molecule has 5 heteroatoms. The number of amides is 2. The molecule has 2 amide bonds. The summed E-state index contributed by atoms with van der Waals surface area (Å²) in [7, 11) is 0. The number of carbonyl (C=O) groups is 2. The van der Waals surface area contributed by atoms with Crippen LogP contribution in [0.5, 0.6) is 0 Å². The maximum absolute atomic E-state index is 11.6. The predicted molar refractivity (Wildman–Crippen MR) is 73.9 cm³/mol. The molecule has 0 heterocycles. The van der Waals surface area contributed by atoms with Crippen molar-refractivity contribution < 1.29 is 14.7 Å². The molecule has 2 unspecified atom stereocenters. The molecule has 0 radical (unpaired) electrons. The lowest BCUT2D eigenvalue weighted by Crippen LogP contribution is -2.41. The molecule has 1 aliphatic rings. The third-order valence-electron chi connectivity index (χ3n) is 3.84. The highest BCUT2D eigenvalue weighted by molar-refractivity contribution is 5.75. The summed E-state index contributed by atoms with van der Waals surface area (Å²) in [6, 6.07) is -0.266. The van der Waals surface area contributed by atoms with E-state index in [2.05, 4.69) is 24.5 Å². The van der Waals surface area contributed by atoms with E-state index in [0.29, 0.717) is 30.2 Å². The van der Waals surface area contributed by atoms with E-state index < -0.39 is 11.9 Å². The van der Waals surface area contributed by atoms with Crippen molar-refractivity contribution in [3.8, 4) is 0 Å². The van der Waals surface area contributed by atoms with Crippen molar-refractivity contribution in [2.45, 2.75) is 40.5 Å². The first-order valence-electron chi connectivity index (χ1n) is 6.97. The molecule has 1 rings (SSSR count). The van der Waals surface area contributed by atoms with Gasteiger partial charge in [-0.25, -0.2) is 4.79 Å². The predicted octanol–water partition coefficient (Wildman–Crippen LogP) is 2.08. The van der Waals surface area contributed by atoms with Gasteiger partial charge in [-0.2, -0.15) is 0 Å². The lowest BCUT2D eigenvalue weighted by Gasteiger charge is -2.15. The van der Waals surface area contributed by atoms with Crippen LogP contribution in [0.25, 0.3) is 0 Å². The molecule has 0 spiro atoms. The molecule has 0 aliphatic heterocycles. The van der Waals surface area contributed by atoms with Crippen molar-refractivity contribution in [1.29, 1.82) is 0 Å². The average molecular weight is 270 g/mol. The molecule has 0 aromatic rings. The van der Waals surface area contributed by atoms with Gasteiger partial charge in [0.05, 0.1) is 5.92 Å². The van der Waals surface area contributed by atoms with Crippen LogP contribution in [0.3, 0.4) is 0 Å². The zero-order valence-electron chi connectivity index (χ0n) is 12.3. The number of carboxylic acids is 1. The Morgan fingerprint density at radius 1 is 1.32 bits per heavy atom. The van der Waals surface area contributed by atoms with E-state index in [1.807, 2.05) is 13.8 Å². The molecule has 5 nitrogen and oxygen atoms in total. The molecule has 2 atom stereocenters. The summed E-state index contributed by atoms with van der Waals surface area (Å²) in [6.45, 7) is 9.17. The largest absolute Gasteiger partial charge is 0.481 e. The third kappa shape index (κ3) is 5.49. The first-order valence-corrected chi connectivity index (χ1v) is 6.97. The van der Waals surface area contributed by atoms with Crippen molar-refractivity contribution in [1.82, 2.24) is 10.6 Å². The van der Waals surface area contributed by atoms with Crippen LogP contribution < -0.4 is 10.6 Å². The fourth-order valence-electron chi connectivity index (χ4n) is 2.26. The number of hydrogen-bond acceptors (Lipinski definition) is 2. The van der Waals surface area contributed by atoms with Gasteiger partial charge in [-0.3, -0.25) is 4.79 Å². The van der Waals surface area contributed by atoms with Crippen molar-refractivity contribution in [3.05, 3.63) is 0 Å². The van der Waals surface area contributed by atoms with E-state index >= 15 is 0 Å². The fraction of sp³-hybridized carbons (Fsp3) is 0.857. The smallest absolute Gasteiger partial charge is 0.314 e. The second-order valence-electron chi connectivity index (χ2n) is 6.65. The number of rotatable bonds is 7. The first kappa shape index (κ1) is 15.8. The highest BCUT2D eigenvalue weighted by atomic mass is 16.4. The molecule has 19 heavy (non-hydrogen) atoms. The lowest BCUT2D eigenvalue weighted by atomic mass is 9.97. The minimum absolute atomic E-state index is 0.188. The Bertz CT molecular complexity index is 340. The molecule has 1 aliphatic carbocycles. The fourth-order valence-corrected chi connectivity index (χ4v) is 2.26. The van der Waals surface area contributed by atoms with Gasteiger partial charge in [-0.15, -0.1) is 0 Å². The highest BCUT2D eigenvalue weighted by Gasteiger charge is 2.45. The Hall–Kier alpha value is -1.26. The second kappa shape index (κ2) is 6.26. The molecule has 0 bridgehead atoms. The lowest BCUT2D eigenvalue weighted by molar-refractivity contribution is -0.142. The molecule has 0 aromatic heterocycles. The van der Waals surface area contributed by atoms with Crippen LogP contribution in [0.15, 0.2) is 0 Å². The monoisotopic (exact) mass is 270 g/mol. The summed E-state index contributed by atoms with van der Waals surface area (Å²) in [4.78, 5) is 22.6. The van der Waals surface area contributed by atoms with Gasteiger partial charge in [0.15, 0.2) is 0 Å². The number of aliphatic carboxylic acids is 1. The maximum atomic E-state index is 11.6. The van der Waals surface area contributed by atoms with Crippen LogP contribution in [0.1, 0.15) is 40.5 Å². The Balaban J connectivity index is 2.22. The van der Waals surface area contributed by atoms with Crippen molar-refractivity contribution in [2.24, 2.45) is 23.2 Å². The first-order chi connectivity index (χ1) is 8.72. The summed E-state index contributed by atoms with van der Waals surface area (Å²) in [5.74, 6) is -0.511. The zero-order chi connectivity index (χ0) is 14.6. The molecule has 1 saturated carbocycles. The summed E-state index contributed by atoms with van der Waals surface area (Å²) < 4.78 is 0. The standard InChI is InChI=1S/C14H26N2O3/c1-9(2)5-10(12(17)18)7-15-13(19)16-8-11-6-14(11,3)4/h9-11H,5-8H2,1-4H3,(H,17,18)(H2,15,16,19). The van der Waals surface area contributed by atoms with Crippen molar-refractivity contribution in [2.75, 3.05) is 13.1 Å². The second-order valence-corrected chi connectivity index (χ2v) is 6.65. The van der Waals surface area contributed by atoms with Gasteiger partial charge in [0.2, 0.25) is 0 Å². The molecule has 0 aromatic carbocycles. The number of hydrogen-bond donors (Lipinski definition) is 3. The molecular formula is C14H26N2O3. The average Bonchev–Trinajstić information content (AvgIpc) is 2.88. The third-order valence-corrected chi connectivity index (χ3v) is 3.84. The quantitative estimate of drug-likeness (QED) is 0.662. The molecule has 3 N–H and O–H groups in total. The van der Waals surface area contributed by atoms with Gasteiger partial charge in [-0.05, 0) is 30.1 Å². The summed E-state index contributed by atoms with van der Waals surface area (Å²) in [5.41, 5.74) is 0.342. The van der Waals surface area contributed by atoms with Gasteiger partial charge < -0.3 is 15.7 Å². The van der Waals surface area contributed by atoms with Crippen LogP contribution in [0, 0.1) is 23.2 Å². The Morgan fingerprint density at radius 3 is 2.32 bits per heavy atom. The maximum Gasteiger partial charge on any atom is 0.314 e. The highest BCUT2D eigenvalue weighted by Crippen LogP contribution is 2.50. The molecule has 0 saturated heterocycles. The van der Waals surface area contributed by atoms with E-state index in [-0.39, 0.29) is 12.6 Å². The van der Waals surface area contributed by atoms with Crippen LogP contribution in [0.2, 0.25) is 0 Å². The minimum Gasteiger partial charge on any atom is -0.481 e. The van der Waals surface area contributed by atoms with Gasteiger partial charge in [0.25, 0.3) is 0 Å². The van der Waals surface area contributed by atoms with Crippen LogP contribution in [0.4, 0.5) is 4.79 Å². The van der Waals surface area contributed by atoms with Gasteiger partial charge in [0, 0.05) is 13.1 Å². The van der Waals surface area contributed by atoms with E-state index in [1.54, 1.807) is 0 Å². The minimum atomic E-state index is -0.850. The summed E-state index contributed by atoms with van der Waals surface area (Å²) in [5, 5.41) is 14.5. The van der Waals surface area contributed by atoms with Crippen LogP contribution >= 0.6 is 0 Å². The number of nitrogens with one attached hydrogen (secondary N) is 2.